The fourth-order valence-corrected chi connectivity index (χ4v) is 1.74. The van der Waals surface area contributed by atoms with Gasteiger partial charge in [0.25, 0.3) is 0 Å². The van der Waals surface area contributed by atoms with Crippen molar-refractivity contribution in [1.29, 1.82) is 0 Å². The van der Waals surface area contributed by atoms with Gasteiger partial charge in [-0.2, -0.15) is 0 Å². The molecule has 0 saturated heterocycles. The third-order valence-electron chi connectivity index (χ3n) is 2.58. The van der Waals surface area contributed by atoms with Gasteiger partial charge < -0.3 is 15.2 Å². The predicted octanol–water partition coefficient (Wildman–Crippen LogP) is 2.01. The molecule has 1 rings (SSSR count). The average molecular weight is 273 g/mol. The summed E-state index contributed by atoms with van der Waals surface area (Å²) in [6.45, 7) is 3.10. The van der Waals surface area contributed by atoms with E-state index in [2.05, 4.69) is 4.74 Å². The van der Waals surface area contributed by atoms with Gasteiger partial charge in [-0.15, -0.1) is 0 Å². The van der Waals surface area contributed by atoms with E-state index in [4.69, 9.17) is 10.5 Å². The summed E-state index contributed by atoms with van der Waals surface area (Å²) in [4.78, 5) is 11.4. The second kappa shape index (κ2) is 5.97. The molecule has 0 saturated carbocycles. The zero-order valence-corrected chi connectivity index (χ0v) is 11.1. The summed E-state index contributed by atoms with van der Waals surface area (Å²) in [6.07, 6.45) is -0.472. The molecule has 0 aliphatic carbocycles. The van der Waals surface area contributed by atoms with Crippen LogP contribution < -0.4 is 10.5 Å². The van der Waals surface area contributed by atoms with Crippen LogP contribution in [-0.4, -0.2) is 24.7 Å². The molecule has 0 fully saturated rings. The van der Waals surface area contributed by atoms with Crippen molar-refractivity contribution in [2.24, 2.45) is 5.73 Å². The number of hydrogen-bond donors (Lipinski definition) is 1. The van der Waals surface area contributed by atoms with E-state index < -0.39 is 29.2 Å². The molecule has 0 aromatic heterocycles. The minimum atomic E-state index is -1.25. The Kier molecular flexibility index (Phi) is 4.83. The summed E-state index contributed by atoms with van der Waals surface area (Å²) < 4.78 is 36.2. The Morgan fingerprint density at radius 1 is 1.47 bits per heavy atom. The highest BCUT2D eigenvalue weighted by Crippen LogP contribution is 2.22. The van der Waals surface area contributed by atoms with E-state index in [9.17, 15) is 13.6 Å². The first-order chi connectivity index (χ1) is 8.76. The lowest BCUT2D eigenvalue weighted by molar-refractivity contribution is -0.147. The van der Waals surface area contributed by atoms with Crippen LogP contribution in [0.15, 0.2) is 18.2 Å². The van der Waals surface area contributed by atoms with Gasteiger partial charge in [-0.25, -0.2) is 8.78 Å². The number of esters is 1. The van der Waals surface area contributed by atoms with Crippen LogP contribution in [-0.2, 0) is 9.53 Å². The maximum atomic E-state index is 13.4. The van der Waals surface area contributed by atoms with Crippen LogP contribution in [0.3, 0.4) is 0 Å². The van der Waals surface area contributed by atoms with E-state index in [1.165, 1.54) is 14.0 Å². The van der Waals surface area contributed by atoms with Crippen molar-refractivity contribution in [1.82, 2.24) is 0 Å². The Bertz CT molecular complexity index is 463. The van der Waals surface area contributed by atoms with Gasteiger partial charge >= 0.3 is 5.97 Å². The maximum Gasteiger partial charge on any atom is 0.325 e. The molecule has 0 aliphatic rings. The van der Waals surface area contributed by atoms with Crippen molar-refractivity contribution in [3.8, 4) is 5.75 Å². The van der Waals surface area contributed by atoms with E-state index in [0.717, 1.165) is 18.2 Å². The number of methoxy groups -OCH3 is 1. The normalized spacial score (nSPS) is 15.5. The lowest BCUT2D eigenvalue weighted by atomic mass is 9.96. The maximum absolute atomic E-state index is 13.4. The lowest BCUT2D eigenvalue weighted by Crippen LogP contribution is -2.48. The molecule has 0 amide bonds. The smallest absolute Gasteiger partial charge is 0.325 e. The highest BCUT2D eigenvalue weighted by atomic mass is 19.1. The van der Waals surface area contributed by atoms with E-state index >= 15 is 0 Å². The SMILES string of the molecule is COC(=O)C(C)(N)CC(C)Oc1cc(F)ccc1F. The Morgan fingerprint density at radius 2 is 2.11 bits per heavy atom. The van der Waals surface area contributed by atoms with Gasteiger partial charge in [0.2, 0.25) is 0 Å². The number of ether oxygens (including phenoxy) is 2. The fourth-order valence-electron chi connectivity index (χ4n) is 1.74. The van der Waals surface area contributed by atoms with Crippen LogP contribution in [0.4, 0.5) is 8.78 Å². The number of carbonyl (C=O) groups is 1. The molecule has 4 nitrogen and oxygen atoms in total. The molecule has 2 N–H and O–H groups in total. The van der Waals surface area contributed by atoms with Crippen molar-refractivity contribution in [2.75, 3.05) is 7.11 Å². The van der Waals surface area contributed by atoms with Gasteiger partial charge in [-0.05, 0) is 26.0 Å². The zero-order chi connectivity index (χ0) is 14.6. The van der Waals surface area contributed by atoms with Crippen molar-refractivity contribution in [2.45, 2.75) is 31.9 Å². The molecule has 0 bridgehead atoms. The summed E-state index contributed by atoms with van der Waals surface area (Å²) in [7, 11) is 1.23. The van der Waals surface area contributed by atoms with Crippen LogP contribution in [0, 0.1) is 11.6 Å². The first-order valence-electron chi connectivity index (χ1n) is 5.75. The third kappa shape index (κ3) is 4.17. The summed E-state index contributed by atoms with van der Waals surface area (Å²) in [5.74, 6) is -2.09. The summed E-state index contributed by atoms with van der Waals surface area (Å²) in [5, 5.41) is 0. The molecule has 106 valence electrons. The summed E-state index contributed by atoms with van der Waals surface area (Å²) >= 11 is 0. The van der Waals surface area contributed by atoms with Gasteiger partial charge in [0.15, 0.2) is 11.6 Å². The van der Waals surface area contributed by atoms with Gasteiger partial charge in [-0.1, -0.05) is 0 Å². The molecule has 19 heavy (non-hydrogen) atoms. The highest BCUT2D eigenvalue weighted by molar-refractivity contribution is 5.79. The molecule has 1 aromatic carbocycles. The number of nitrogens with two attached hydrogens (primary N) is 1. The van der Waals surface area contributed by atoms with Crippen LogP contribution in [0.25, 0.3) is 0 Å². The second-order valence-electron chi connectivity index (χ2n) is 4.62. The highest BCUT2D eigenvalue weighted by Gasteiger charge is 2.32. The second-order valence-corrected chi connectivity index (χ2v) is 4.62. The first-order valence-corrected chi connectivity index (χ1v) is 5.75. The summed E-state index contributed by atoms with van der Waals surface area (Å²) in [5.41, 5.74) is 4.52. The van der Waals surface area contributed by atoms with Crippen molar-refractivity contribution < 1.29 is 23.0 Å². The van der Waals surface area contributed by atoms with Gasteiger partial charge in [0, 0.05) is 12.5 Å². The molecule has 6 heteroatoms. The van der Waals surface area contributed by atoms with Crippen LogP contribution in [0.5, 0.6) is 5.75 Å². The fraction of sp³-hybridized carbons (Fsp3) is 0.462. The Morgan fingerprint density at radius 3 is 2.68 bits per heavy atom. The van der Waals surface area contributed by atoms with Crippen molar-refractivity contribution in [3.05, 3.63) is 29.8 Å². The molecular weight excluding hydrogens is 256 g/mol. The molecule has 1 aromatic rings. The Balaban J connectivity index is 2.72. The Hall–Kier alpha value is -1.69. The van der Waals surface area contributed by atoms with Crippen LogP contribution in [0.1, 0.15) is 20.3 Å². The molecule has 0 spiro atoms. The van der Waals surface area contributed by atoms with Crippen molar-refractivity contribution in [3.63, 3.8) is 0 Å². The van der Waals surface area contributed by atoms with Gasteiger partial charge in [0.1, 0.15) is 11.4 Å². The third-order valence-corrected chi connectivity index (χ3v) is 2.58. The quantitative estimate of drug-likeness (QED) is 0.834. The number of hydrogen-bond acceptors (Lipinski definition) is 4. The molecule has 2 unspecified atom stereocenters. The number of benzene rings is 1. The Labute approximate surface area is 110 Å². The van der Waals surface area contributed by atoms with Crippen LogP contribution >= 0.6 is 0 Å². The largest absolute Gasteiger partial charge is 0.487 e. The van der Waals surface area contributed by atoms with E-state index in [1.807, 2.05) is 0 Å². The van der Waals surface area contributed by atoms with Crippen molar-refractivity contribution >= 4 is 5.97 Å². The minimum absolute atomic E-state index is 0.107. The average Bonchev–Trinajstić information content (AvgIpc) is 2.32. The summed E-state index contributed by atoms with van der Waals surface area (Å²) in [6, 6.07) is 2.91. The predicted molar refractivity (Wildman–Crippen MR) is 65.7 cm³/mol. The van der Waals surface area contributed by atoms with E-state index in [-0.39, 0.29) is 12.2 Å². The lowest BCUT2D eigenvalue weighted by Gasteiger charge is -2.25. The monoisotopic (exact) mass is 273 g/mol. The topological polar surface area (TPSA) is 61.5 Å². The zero-order valence-electron chi connectivity index (χ0n) is 11.1. The first kappa shape index (κ1) is 15.4. The molecular formula is C13H17F2NO3. The number of carbonyl (C=O) groups excluding carboxylic acids is 1. The molecule has 0 radical (unpaired) electrons. The van der Waals surface area contributed by atoms with E-state index in [0.29, 0.717) is 0 Å². The van der Waals surface area contributed by atoms with Gasteiger partial charge in [-0.3, -0.25) is 4.79 Å². The molecule has 0 heterocycles. The standard InChI is InChI=1S/C13H17F2NO3/c1-8(7-13(2,16)12(17)18-3)19-11-6-9(14)4-5-10(11)15/h4-6,8H,7,16H2,1-3H3. The minimum Gasteiger partial charge on any atom is -0.487 e. The van der Waals surface area contributed by atoms with Gasteiger partial charge in [0.05, 0.1) is 13.2 Å². The number of rotatable bonds is 5. The van der Waals surface area contributed by atoms with E-state index in [1.54, 1.807) is 6.92 Å². The molecule has 2 atom stereocenters. The number of halogens is 2. The molecule has 0 aliphatic heterocycles. The van der Waals surface area contributed by atoms with Crippen LogP contribution in [0.2, 0.25) is 0 Å².